The summed E-state index contributed by atoms with van der Waals surface area (Å²) in [7, 11) is 0. The van der Waals surface area contributed by atoms with Gasteiger partial charge in [-0.2, -0.15) is 0 Å². The van der Waals surface area contributed by atoms with Crippen molar-refractivity contribution in [3.05, 3.63) is 16.6 Å². The Morgan fingerprint density at radius 2 is 2.53 bits per heavy atom. The fraction of sp³-hybridized carbons (Fsp3) is 0.600. The van der Waals surface area contributed by atoms with Crippen LogP contribution in [0.5, 0.6) is 0 Å². The summed E-state index contributed by atoms with van der Waals surface area (Å²) in [5.41, 5.74) is 1.69. The number of piperidine rings is 1. The van der Waals surface area contributed by atoms with Gasteiger partial charge >= 0.3 is 0 Å². The van der Waals surface area contributed by atoms with Gasteiger partial charge in [0.15, 0.2) is 0 Å². The van der Waals surface area contributed by atoms with Gasteiger partial charge in [-0.05, 0) is 12.3 Å². The molecule has 1 aromatic heterocycles. The van der Waals surface area contributed by atoms with Crippen LogP contribution in [0.1, 0.15) is 23.0 Å². The number of hydrogen-bond donors (Lipinski definition) is 0. The first-order valence-electron chi connectivity index (χ1n) is 5.00. The monoisotopic (exact) mass is 244 g/mol. The van der Waals surface area contributed by atoms with E-state index in [1.807, 2.05) is 4.90 Å². The Morgan fingerprint density at radius 1 is 1.73 bits per heavy atom. The number of aromatic nitrogens is 1. The van der Waals surface area contributed by atoms with E-state index in [4.69, 9.17) is 11.6 Å². The Kier molecular flexibility index (Phi) is 3.26. The van der Waals surface area contributed by atoms with Crippen LogP contribution in [0.3, 0.4) is 0 Å². The highest BCUT2D eigenvalue weighted by atomic mass is 35.5. The molecular formula is C10H13ClN2OS. The summed E-state index contributed by atoms with van der Waals surface area (Å²) in [6, 6.07) is 0. The molecule has 1 saturated heterocycles. The molecule has 1 aromatic rings. The third kappa shape index (κ3) is 2.32. The van der Waals surface area contributed by atoms with Gasteiger partial charge < -0.3 is 4.90 Å². The fourth-order valence-corrected chi connectivity index (χ4v) is 2.54. The van der Waals surface area contributed by atoms with Crippen molar-refractivity contribution < 1.29 is 4.79 Å². The lowest BCUT2D eigenvalue weighted by Crippen LogP contribution is -2.43. The van der Waals surface area contributed by atoms with Crippen LogP contribution in [0.4, 0.5) is 0 Å². The average Bonchev–Trinajstić information content (AvgIpc) is 2.74. The van der Waals surface area contributed by atoms with Gasteiger partial charge in [0.1, 0.15) is 4.88 Å². The Bertz CT molecular complexity index is 341. The van der Waals surface area contributed by atoms with Crippen LogP contribution in [0.15, 0.2) is 11.7 Å². The normalized spacial score (nSPS) is 26.7. The maximum Gasteiger partial charge on any atom is 0.265 e. The molecular weight excluding hydrogens is 232 g/mol. The maximum absolute atomic E-state index is 12.0. The molecule has 0 saturated carbocycles. The zero-order chi connectivity index (χ0) is 10.8. The van der Waals surface area contributed by atoms with E-state index in [1.54, 1.807) is 11.7 Å². The quantitative estimate of drug-likeness (QED) is 0.710. The van der Waals surface area contributed by atoms with E-state index in [0.29, 0.717) is 5.92 Å². The Balaban J connectivity index is 2.03. The summed E-state index contributed by atoms with van der Waals surface area (Å²) in [6.45, 7) is 3.60. The summed E-state index contributed by atoms with van der Waals surface area (Å²) in [5.74, 6) is 0.463. The number of halogens is 1. The standard InChI is InChI=1S/C10H13ClN2OS/c1-7-5-13(3-2-8(7)11)10(14)9-4-12-6-15-9/h4,6-8H,2-3,5H2,1H3. The van der Waals surface area contributed by atoms with Crippen LogP contribution >= 0.6 is 22.9 Å². The van der Waals surface area contributed by atoms with Crippen molar-refractivity contribution >= 4 is 28.8 Å². The molecule has 0 aliphatic carbocycles. The molecule has 2 rings (SSSR count). The molecule has 1 aliphatic heterocycles. The highest BCUT2D eigenvalue weighted by molar-refractivity contribution is 7.11. The number of carbonyl (C=O) groups is 1. The van der Waals surface area contributed by atoms with Gasteiger partial charge in [0.25, 0.3) is 5.91 Å². The van der Waals surface area contributed by atoms with Gasteiger partial charge in [0.2, 0.25) is 0 Å². The van der Waals surface area contributed by atoms with Crippen LogP contribution in [0, 0.1) is 5.92 Å². The number of rotatable bonds is 1. The van der Waals surface area contributed by atoms with Crippen molar-refractivity contribution in [3.63, 3.8) is 0 Å². The van der Waals surface area contributed by atoms with Gasteiger partial charge in [-0.3, -0.25) is 9.78 Å². The highest BCUT2D eigenvalue weighted by Gasteiger charge is 2.28. The summed E-state index contributed by atoms with van der Waals surface area (Å²) in [6.07, 6.45) is 2.51. The van der Waals surface area contributed by atoms with Crippen molar-refractivity contribution in [3.8, 4) is 0 Å². The molecule has 1 fully saturated rings. The predicted molar refractivity (Wildman–Crippen MR) is 61.4 cm³/mol. The van der Waals surface area contributed by atoms with E-state index in [1.165, 1.54) is 11.3 Å². The number of amides is 1. The number of nitrogens with zero attached hydrogens (tertiary/aromatic N) is 2. The lowest BCUT2D eigenvalue weighted by Gasteiger charge is -2.33. The molecule has 0 aromatic carbocycles. The number of hydrogen-bond acceptors (Lipinski definition) is 3. The Hall–Kier alpha value is -0.610. The summed E-state index contributed by atoms with van der Waals surface area (Å²) in [4.78, 5) is 18.5. The number of likely N-dealkylation sites (tertiary alicyclic amines) is 1. The molecule has 2 atom stereocenters. The number of alkyl halides is 1. The van der Waals surface area contributed by atoms with E-state index < -0.39 is 0 Å². The third-order valence-electron chi connectivity index (χ3n) is 2.73. The van der Waals surface area contributed by atoms with E-state index >= 15 is 0 Å². The third-order valence-corrected chi connectivity index (χ3v) is 4.14. The van der Waals surface area contributed by atoms with Crippen molar-refractivity contribution in [2.45, 2.75) is 18.7 Å². The second kappa shape index (κ2) is 4.49. The average molecular weight is 245 g/mol. The molecule has 0 radical (unpaired) electrons. The first-order valence-corrected chi connectivity index (χ1v) is 6.32. The van der Waals surface area contributed by atoms with Crippen molar-refractivity contribution in [1.82, 2.24) is 9.88 Å². The van der Waals surface area contributed by atoms with Gasteiger partial charge in [-0.15, -0.1) is 22.9 Å². The van der Waals surface area contributed by atoms with Crippen LogP contribution in [-0.4, -0.2) is 34.3 Å². The molecule has 15 heavy (non-hydrogen) atoms. The fourth-order valence-electron chi connectivity index (χ4n) is 1.78. The summed E-state index contributed by atoms with van der Waals surface area (Å²) in [5, 5.41) is 0.204. The lowest BCUT2D eigenvalue weighted by molar-refractivity contribution is 0.0691. The predicted octanol–water partition coefficient (Wildman–Crippen LogP) is 2.23. The molecule has 1 amide bonds. The molecule has 82 valence electrons. The first-order chi connectivity index (χ1) is 7.18. The van der Waals surface area contributed by atoms with Gasteiger partial charge in [-0.25, -0.2) is 0 Å². The zero-order valence-electron chi connectivity index (χ0n) is 8.52. The summed E-state index contributed by atoms with van der Waals surface area (Å²) >= 11 is 7.51. The van der Waals surface area contributed by atoms with E-state index in [9.17, 15) is 4.79 Å². The lowest BCUT2D eigenvalue weighted by atomic mass is 9.99. The SMILES string of the molecule is CC1CN(C(=O)c2cncs2)CCC1Cl. The Labute approximate surface area is 98.1 Å². The topological polar surface area (TPSA) is 33.2 Å². The van der Waals surface area contributed by atoms with Crippen LogP contribution in [0.2, 0.25) is 0 Å². The van der Waals surface area contributed by atoms with Crippen LogP contribution < -0.4 is 0 Å². The van der Waals surface area contributed by atoms with E-state index in [-0.39, 0.29) is 11.3 Å². The summed E-state index contributed by atoms with van der Waals surface area (Å²) < 4.78 is 0. The molecule has 0 N–H and O–H groups in total. The molecule has 5 heteroatoms. The number of carbonyl (C=O) groups excluding carboxylic acids is 1. The zero-order valence-corrected chi connectivity index (χ0v) is 10.1. The minimum Gasteiger partial charge on any atom is -0.338 e. The molecule has 2 unspecified atom stereocenters. The van der Waals surface area contributed by atoms with Crippen LogP contribution in [-0.2, 0) is 0 Å². The minimum atomic E-state index is 0.0907. The molecule has 2 heterocycles. The highest BCUT2D eigenvalue weighted by Crippen LogP contribution is 2.23. The molecule has 3 nitrogen and oxygen atoms in total. The Morgan fingerprint density at radius 3 is 3.13 bits per heavy atom. The van der Waals surface area contributed by atoms with Crippen molar-refractivity contribution in [2.24, 2.45) is 5.92 Å². The maximum atomic E-state index is 12.0. The van der Waals surface area contributed by atoms with Crippen LogP contribution in [0.25, 0.3) is 0 Å². The molecule has 0 spiro atoms. The second-order valence-electron chi connectivity index (χ2n) is 3.90. The minimum absolute atomic E-state index is 0.0907. The first kappa shape index (κ1) is 10.9. The second-order valence-corrected chi connectivity index (χ2v) is 5.35. The van der Waals surface area contributed by atoms with Gasteiger partial charge in [0.05, 0.1) is 11.7 Å². The van der Waals surface area contributed by atoms with Crippen molar-refractivity contribution in [1.29, 1.82) is 0 Å². The van der Waals surface area contributed by atoms with Gasteiger partial charge in [-0.1, -0.05) is 6.92 Å². The molecule has 0 bridgehead atoms. The van der Waals surface area contributed by atoms with Crippen molar-refractivity contribution in [2.75, 3.05) is 13.1 Å². The smallest absolute Gasteiger partial charge is 0.265 e. The van der Waals surface area contributed by atoms with E-state index in [2.05, 4.69) is 11.9 Å². The van der Waals surface area contributed by atoms with E-state index in [0.717, 1.165) is 24.4 Å². The largest absolute Gasteiger partial charge is 0.338 e. The molecule has 1 aliphatic rings. The number of thiazole rings is 1. The van der Waals surface area contributed by atoms with Gasteiger partial charge in [0, 0.05) is 18.5 Å².